The number of allylic oxidation sites excluding steroid dienone is 1. The monoisotopic (exact) mass is 414 g/mol. The quantitative estimate of drug-likeness (QED) is 0.348. The number of thiazole rings is 1. The number of amides is 2. The third-order valence-electron chi connectivity index (χ3n) is 3.17. The molecule has 0 aliphatic rings. The molecule has 4 N–H and O–H groups in total. The van der Waals surface area contributed by atoms with E-state index in [4.69, 9.17) is 5.11 Å². The van der Waals surface area contributed by atoms with E-state index in [1.165, 1.54) is 31.3 Å². The standard InChI is InChI=1S/C16H22N4O5S2/c1-5-11(14(22)18-8(2)16(24)25)20-15(23)12-7-26-13(19-12)6-17-9(3)27-10(4)21/h5,7-9,17H,6H2,1-4H3,(H,18,22)(H,20,23)(H,24,25)/b11-5-/t8-,9?/m0/s1. The van der Waals surface area contributed by atoms with Gasteiger partial charge in [-0.05, 0) is 20.8 Å². The molecule has 0 fully saturated rings. The fourth-order valence-electron chi connectivity index (χ4n) is 1.80. The smallest absolute Gasteiger partial charge is 0.325 e. The number of nitrogens with zero attached hydrogens (tertiary/aromatic N) is 1. The Bertz CT molecular complexity index is 747. The van der Waals surface area contributed by atoms with Crippen molar-refractivity contribution in [1.82, 2.24) is 20.9 Å². The maximum atomic E-state index is 12.3. The molecular weight excluding hydrogens is 392 g/mol. The summed E-state index contributed by atoms with van der Waals surface area (Å²) in [5.41, 5.74) is 0.0781. The zero-order valence-corrected chi connectivity index (χ0v) is 17.0. The normalized spacial score (nSPS) is 13.6. The largest absolute Gasteiger partial charge is 0.480 e. The summed E-state index contributed by atoms with van der Waals surface area (Å²) < 4.78 is 0. The molecule has 0 saturated heterocycles. The van der Waals surface area contributed by atoms with E-state index in [2.05, 4.69) is 20.9 Å². The van der Waals surface area contributed by atoms with E-state index in [9.17, 15) is 19.2 Å². The molecule has 0 bridgehead atoms. The lowest BCUT2D eigenvalue weighted by atomic mass is 10.3. The molecule has 0 aliphatic carbocycles. The summed E-state index contributed by atoms with van der Waals surface area (Å²) in [5, 5.41) is 18.8. The van der Waals surface area contributed by atoms with Crippen LogP contribution >= 0.6 is 23.1 Å². The molecule has 9 nitrogen and oxygen atoms in total. The van der Waals surface area contributed by atoms with Crippen LogP contribution in [0.4, 0.5) is 0 Å². The number of nitrogens with one attached hydrogen (secondary N) is 3. The van der Waals surface area contributed by atoms with Crippen molar-refractivity contribution in [2.24, 2.45) is 0 Å². The maximum absolute atomic E-state index is 12.3. The fraction of sp³-hybridized carbons (Fsp3) is 0.438. The van der Waals surface area contributed by atoms with Crippen LogP contribution in [0, 0.1) is 0 Å². The summed E-state index contributed by atoms with van der Waals surface area (Å²) in [6, 6.07) is -1.09. The SMILES string of the molecule is C/C=C(\NC(=O)c1csc(CNC(C)SC(C)=O)n1)C(=O)N[C@@H](C)C(=O)O. The number of carboxylic acids is 1. The van der Waals surface area contributed by atoms with E-state index in [0.717, 1.165) is 11.8 Å². The number of hydrogen-bond donors (Lipinski definition) is 4. The van der Waals surface area contributed by atoms with Gasteiger partial charge in [-0.25, -0.2) is 4.98 Å². The first-order valence-electron chi connectivity index (χ1n) is 8.00. The van der Waals surface area contributed by atoms with Crippen molar-refractivity contribution in [3.63, 3.8) is 0 Å². The number of aliphatic carboxylic acids is 1. The molecule has 1 aromatic heterocycles. The summed E-state index contributed by atoms with van der Waals surface area (Å²) in [5.74, 6) is -2.46. The first-order chi connectivity index (χ1) is 12.6. The van der Waals surface area contributed by atoms with Crippen LogP contribution in [0.25, 0.3) is 0 Å². The fourth-order valence-corrected chi connectivity index (χ4v) is 3.19. The van der Waals surface area contributed by atoms with Crippen molar-refractivity contribution < 1.29 is 24.3 Å². The number of aromatic nitrogens is 1. The van der Waals surface area contributed by atoms with Crippen molar-refractivity contribution in [3.8, 4) is 0 Å². The summed E-state index contributed by atoms with van der Waals surface area (Å²) in [6.45, 7) is 6.60. The number of carbonyl (C=O) groups is 4. The summed E-state index contributed by atoms with van der Waals surface area (Å²) in [4.78, 5) is 50.3. The van der Waals surface area contributed by atoms with Gasteiger partial charge in [-0.2, -0.15) is 0 Å². The molecule has 148 valence electrons. The van der Waals surface area contributed by atoms with E-state index in [1.807, 2.05) is 6.92 Å². The predicted octanol–water partition coefficient (Wildman–Crippen LogP) is 1.08. The van der Waals surface area contributed by atoms with Crippen LogP contribution in [-0.2, 0) is 20.9 Å². The number of rotatable bonds is 9. The van der Waals surface area contributed by atoms with Gasteiger partial charge in [-0.1, -0.05) is 17.8 Å². The molecule has 0 aliphatic heterocycles. The minimum absolute atomic E-state index is 0.00332. The molecule has 27 heavy (non-hydrogen) atoms. The van der Waals surface area contributed by atoms with Crippen molar-refractivity contribution in [3.05, 3.63) is 27.9 Å². The molecular formula is C16H22N4O5S2. The lowest BCUT2D eigenvalue weighted by Gasteiger charge is -2.12. The van der Waals surface area contributed by atoms with E-state index >= 15 is 0 Å². The van der Waals surface area contributed by atoms with Gasteiger partial charge in [0.1, 0.15) is 22.4 Å². The number of carboxylic acid groups (broad SMARTS) is 1. The van der Waals surface area contributed by atoms with Gasteiger partial charge >= 0.3 is 5.97 Å². The van der Waals surface area contributed by atoms with Gasteiger partial charge in [0.15, 0.2) is 5.12 Å². The van der Waals surface area contributed by atoms with Crippen LogP contribution in [0.5, 0.6) is 0 Å². The van der Waals surface area contributed by atoms with Crippen LogP contribution in [0.1, 0.15) is 43.2 Å². The molecule has 2 amide bonds. The highest BCUT2D eigenvalue weighted by Crippen LogP contribution is 2.13. The van der Waals surface area contributed by atoms with Gasteiger partial charge in [0.2, 0.25) is 0 Å². The average Bonchev–Trinajstić information content (AvgIpc) is 3.05. The van der Waals surface area contributed by atoms with Crippen LogP contribution in [-0.4, -0.2) is 44.4 Å². The van der Waals surface area contributed by atoms with Gasteiger partial charge in [-0.15, -0.1) is 11.3 Å². The minimum Gasteiger partial charge on any atom is -0.480 e. The van der Waals surface area contributed by atoms with Crippen LogP contribution < -0.4 is 16.0 Å². The molecule has 1 rings (SSSR count). The third-order valence-corrected chi connectivity index (χ3v) is 4.87. The summed E-state index contributed by atoms with van der Waals surface area (Å²) in [7, 11) is 0. The number of hydrogen-bond acceptors (Lipinski definition) is 8. The Morgan fingerprint density at radius 3 is 2.56 bits per heavy atom. The molecule has 0 aromatic carbocycles. The Morgan fingerprint density at radius 2 is 2.00 bits per heavy atom. The first kappa shape index (κ1) is 22.8. The molecule has 0 saturated carbocycles. The van der Waals surface area contributed by atoms with Crippen LogP contribution in [0.15, 0.2) is 17.2 Å². The van der Waals surface area contributed by atoms with Crippen molar-refractivity contribution >= 4 is 46.0 Å². The lowest BCUT2D eigenvalue weighted by molar-refractivity contribution is -0.140. The van der Waals surface area contributed by atoms with Crippen LogP contribution in [0.2, 0.25) is 0 Å². The van der Waals surface area contributed by atoms with E-state index in [1.54, 1.807) is 12.3 Å². The maximum Gasteiger partial charge on any atom is 0.325 e. The first-order valence-corrected chi connectivity index (χ1v) is 9.76. The second-order valence-corrected chi connectivity index (χ2v) is 7.91. The highest BCUT2D eigenvalue weighted by molar-refractivity contribution is 8.14. The highest BCUT2D eigenvalue weighted by atomic mass is 32.2. The Hall–Kier alpha value is -2.24. The van der Waals surface area contributed by atoms with Crippen LogP contribution in [0.3, 0.4) is 0 Å². The van der Waals surface area contributed by atoms with Crippen molar-refractivity contribution in [1.29, 1.82) is 0 Å². The van der Waals surface area contributed by atoms with Gasteiger partial charge in [0.25, 0.3) is 11.8 Å². The third kappa shape index (κ3) is 7.89. The zero-order chi connectivity index (χ0) is 20.6. The number of thioether (sulfide) groups is 1. The second-order valence-electron chi connectivity index (χ2n) is 5.45. The Balaban J connectivity index is 2.64. The highest BCUT2D eigenvalue weighted by Gasteiger charge is 2.20. The summed E-state index contributed by atoms with van der Waals surface area (Å²) in [6.07, 6.45) is 1.37. The molecule has 2 atom stereocenters. The molecule has 1 heterocycles. The topological polar surface area (TPSA) is 137 Å². The predicted molar refractivity (Wildman–Crippen MR) is 103 cm³/mol. The average molecular weight is 415 g/mol. The van der Waals surface area contributed by atoms with Crippen molar-refractivity contribution in [2.45, 2.75) is 45.7 Å². The van der Waals surface area contributed by atoms with Crippen molar-refractivity contribution in [2.75, 3.05) is 0 Å². The van der Waals surface area contributed by atoms with E-state index in [0.29, 0.717) is 11.6 Å². The Labute approximate surface area is 165 Å². The van der Waals surface area contributed by atoms with E-state index < -0.39 is 23.8 Å². The molecule has 0 radical (unpaired) electrons. The van der Waals surface area contributed by atoms with Gasteiger partial charge in [-0.3, -0.25) is 24.5 Å². The molecule has 1 aromatic rings. The molecule has 11 heteroatoms. The molecule has 0 spiro atoms. The Kier molecular flexibility index (Phi) is 9.12. The van der Waals surface area contributed by atoms with Gasteiger partial charge < -0.3 is 15.7 Å². The molecule has 1 unspecified atom stereocenters. The summed E-state index contributed by atoms with van der Waals surface area (Å²) >= 11 is 2.43. The van der Waals surface area contributed by atoms with E-state index in [-0.39, 0.29) is 21.9 Å². The number of carbonyl (C=O) groups excluding carboxylic acids is 3. The van der Waals surface area contributed by atoms with Gasteiger partial charge in [0.05, 0.1) is 5.37 Å². The van der Waals surface area contributed by atoms with Gasteiger partial charge in [0, 0.05) is 18.8 Å². The zero-order valence-electron chi connectivity index (χ0n) is 15.4. The minimum atomic E-state index is -1.18. The lowest BCUT2D eigenvalue weighted by Crippen LogP contribution is -2.42. The second kappa shape index (κ2) is 10.8. The Morgan fingerprint density at radius 1 is 1.33 bits per heavy atom.